The van der Waals surface area contributed by atoms with Gasteiger partial charge in [-0.25, -0.2) is 0 Å². The minimum Gasteiger partial charge on any atom is -0.352 e. The fourth-order valence-electron chi connectivity index (χ4n) is 4.35. The van der Waals surface area contributed by atoms with Crippen LogP contribution in [0.2, 0.25) is 0 Å². The van der Waals surface area contributed by atoms with Gasteiger partial charge in [0.1, 0.15) is 0 Å². The molecule has 0 radical (unpaired) electrons. The summed E-state index contributed by atoms with van der Waals surface area (Å²) in [6.07, 6.45) is 4.21. The highest BCUT2D eigenvalue weighted by Gasteiger charge is 2.30. The third kappa shape index (κ3) is 7.26. The Balaban J connectivity index is 0.00000182. The van der Waals surface area contributed by atoms with E-state index in [2.05, 4.69) is 59.7 Å². The molecule has 27 heavy (non-hydrogen) atoms. The van der Waals surface area contributed by atoms with Gasteiger partial charge in [0.25, 0.3) is 0 Å². The van der Waals surface area contributed by atoms with Gasteiger partial charge in [0.05, 0.1) is 0 Å². The zero-order valence-electron chi connectivity index (χ0n) is 16.5. The van der Waals surface area contributed by atoms with Crippen molar-refractivity contribution in [3.05, 3.63) is 35.9 Å². The first kappa shape index (κ1) is 24.2. The predicted molar refractivity (Wildman–Crippen MR) is 117 cm³/mol. The topological polar surface area (TPSA) is 44.4 Å². The Morgan fingerprint density at radius 2 is 2.04 bits per heavy atom. The molecule has 2 aliphatic rings. The molecule has 2 aliphatic heterocycles. The minimum atomic E-state index is 0. The van der Waals surface area contributed by atoms with Crippen LogP contribution in [0, 0.1) is 11.8 Å². The third-order valence-corrected chi connectivity index (χ3v) is 5.94. The number of hydrogen-bond acceptors (Lipinski definition) is 3. The van der Waals surface area contributed by atoms with Crippen LogP contribution in [0.5, 0.6) is 0 Å². The van der Waals surface area contributed by atoms with Gasteiger partial charge in [-0.2, -0.15) is 0 Å². The number of halogens is 2. The van der Waals surface area contributed by atoms with Crippen molar-refractivity contribution in [2.24, 2.45) is 11.8 Å². The monoisotopic (exact) mass is 415 g/mol. The SMILES string of the molecule is CC(CC(=O)NC1CC(C)N(Cc2ccccc2)C1)C1CCCNC1.Cl.Cl. The van der Waals surface area contributed by atoms with E-state index in [-0.39, 0.29) is 30.7 Å². The Labute approximate surface area is 176 Å². The normalized spacial score (nSPS) is 26.5. The Bertz CT molecular complexity index is 552. The van der Waals surface area contributed by atoms with Crippen molar-refractivity contribution in [2.45, 2.75) is 58.2 Å². The van der Waals surface area contributed by atoms with Crippen molar-refractivity contribution in [3.63, 3.8) is 0 Å². The van der Waals surface area contributed by atoms with Crippen molar-refractivity contribution in [2.75, 3.05) is 19.6 Å². The molecular weight excluding hydrogens is 381 g/mol. The fourth-order valence-corrected chi connectivity index (χ4v) is 4.35. The number of carbonyl (C=O) groups excluding carboxylic acids is 1. The largest absolute Gasteiger partial charge is 0.352 e. The number of amides is 1. The van der Waals surface area contributed by atoms with Gasteiger partial charge in [-0.15, -0.1) is 24.8 Å². The van der Waals surface area contributed by atoms with Crippen LogP contribution in [0.25, 0.3) is 0 Å². The Kier molecular flexibility index (Phi) is 10.7. The molecule has 1 amide bonds. The van der Waals surface area contributed by atoms with E-state index in [0.29, 0.717) is 30.3 Å². The molecule has 4 nitrogen and oxygen atoms in total. The summed E-state index contributed by atoms with van der Waals surface area (Å²) in [5.41, 5.74) is 1.35. The van der Waals surface area contributed by atoms with E-state index < -0.39 is 0 Å². The van der Waals surface area contributed by atoms with Crippen LogP contribution >= 0.6 is 24.8 Å². The van der Waals surface area contributed by atoms with Gasteiger partial charge in [-0.1, -0.05) is 37.3 Å². The van der Waals surface area contributed by atoms with E-state index >= 15 is 0 Å². The molecule has 4 atom stereocenters. The van der Waals surface area contributed by atoms with Crippen molar-refractivity contribution in [3.8, 4) is 0 Å². The molecule has 2 fully saturated rings. The van der Waals surface area contributed by atoms with Crippen molar-refractivity contribution in [1.82, 2.24) is 15.5 Å². The van der Waals surface area contributed by atoms with Crippen molar-refractivity contribution < 1.29 is 4.79 Å². The smallest absolute Gasteiger partial charge is 0.220 e. The van der Waals surface area contributed by atoms with Crippen LogP contribution in [0.3, 0.4) is 0 Å². The number of carbonyl (C=O) groups is 1. The molecule has 6 heteroatoms. The first-order valence-electron chi connectivity index (χ1n) is 9.90. The number of likely N-dealkylation sites (tertiary alicyclic amines) is 1. The van der Waals surface area contributed by atoms with Crippen LogP contribution in [0.1, 0.15) is 45.1 Å². The number of benzene rings is 1. The zero-order valence-corrected chi connectivity index (χ0v) is 18.2. The molecular formula is C21H35Cl2N3O. The summed E-state index contributed by atoms with van der Waals surface area (Å²) >= 11 is 0. The number of piperidine rings is 1. The highest BCUT2D eigenvalue weighted by Crippen LogP contribution is 2.24. The predicted octanol–water partition coefficient (Wildman–Crippen LogP) is 3.64. The highest BCUT2D eigenvalue weighted by molar-refractivity contribution is 5.85. The number of rotatable bonds is 6. The van der Waals surface area contributed by atoms with E-state index in [4.69, 9.17) is 0 Å². The van der Waals surface area contributed by atoms with Crippen LogP contribution in [0.4, 0.5) is 0 Å². The summed E-state index contributed by atoms with van der Waals surface area (Å²) in [6.45, 7) is 8.63. The molecule has 1 aromatic carbocycles. The van der Waals surface area contributed by atoms with Gasteiger partial charge in [-0.05, 0) is 56.7 Å². The maximum Gasteiger partial charge on any atom is 0.220 e. The second kappa shape index (κ2) is 11.9. The third-order valence-electron chi connectivity index (χ3n) is 5.94. The Hall–Kier alpha value is -0.810. The van der Waals surface area contributed by atoms with Gasteiger partial charge < -0.3 is 10.6 Å². The lowest BCUT2D eigenvalue weighted by Gasteiger charge is -2.28. The summed E-state index contributed by atoms with van der Waals surface area (Å²) in [4.78, 5) is 15.0. The van der Waals surface area contributed by atoms with E-state index in [1.807, 2.05) is 0 Å². The lowest BCUT2D eigenvalue weighted by molar-refractivity contribution is -0.123. The zero-order chi connectivity index (χ0) is 17.6. The average Bonchev–Trinajstić information content (AvgIpc) is 2.95. The molecule has 4 unspecified atom stereocenters. The summed E-state index contributed by atoms with van der Waals surface area (Å²) in [5.74, 6) is 1.35. The average molecular weight is 416 g/mol. The van der Waals surface area contributed by atoms with E-state index in [1.165, 1.54) is 18.4 Å². The van der Waals surface area contributed by atoms with Gasteiger partial charge in [0.15, 0.2) is 0 Å². The molecule has 0 spiro atoms. The lowest BCUT2D eigenvalue weighted by atomic mass is 9.85. The van der Waals surface area contributed by atoms with Crippen molar-refractivity contribution >= 4 is 30.7 Å². The Morgan fingerprint density at radius 1 is 1.30 bits per heavy atom. The van der Waals surface area contributed by atoms with Gasteiger partial charge in [0.2, 0.25) is 5.91 Å². The van der Waals surface area contributed by atoms with Gasteiger partial charge in [-0.3, -0.25) is 9.69 Å². The maximum atomic E-state index is 12.5. The maximum absolute atomic E-state index is 12.5. The second-order valence-corrected chi connectivity index (χ2v) is 8.05. The van der Waals surface area contributed by atoms with Crippen LogP contribution in [0.15, 0.2) is 30.3 Å². The molecule has 0 saturated carbocycles. The van der Waals surface area contributed by atoms with Crippen LogP contribution in [-0.2, 0) is 11.3 Å². The molecule has 0 bridgehead atoms. The summed E-state index contributed by atoms with van der Waals surface area (Å²) < 4.78 is 0. The molecule has 3 rings (SSSR count). The molecule has 154 valence electrons. The number of nitrogens with one attached hydrogen (secondary N) is 2. The first-order chi connectivity index (χ1) is 12.1. The lowest BCUT2D eigenvalue weighted by Crippen LogP contribution is -2.39. The molecule has 0 aliphatic carbocycles. The second-order valence-electron chi connectivity index (χ2n) is 8.05. The van der Waals surface area contributed by atoms with Crippen molar-refractivity contribution in [1.29, 1.82) is 0 Å². The highest BCUT2D eigenvalue weighted by atomic mass is 35.5. The summed E-state index contributed by atoms with van der Waals surface area (Å²) in [7, 11) is 0. The fraction of sp³-hybridized carbons (Fsp3) is 0.667. The minimum absolute atomic E-state index is 0. The van der Waals surface area contributed by atoms with Gasteiger partial charge >= 0.3 is 0 Å². The van der Waals surface area contributed by atoms with E-state index in [1.54, 1.807) is 0 Å². The number of hydrogen-bond donors (Lipinski definition) is 2. The standard InChI is InChI=1S/C21H33N3O.2ClH/c1-16(19-9-6-10-22-13-19)11-21(25)23-20-12-17(2)24(15-20)14-18-7-4-3-5-8-18;;/h3-5,7-8,16-17,19-20,22H,6,9-15H2,1-2H3,(H,23,25);2*1H. The number of nitrogens with zero attached hydrogens (tertiary/aromatic N) is 1. The summed E-state index contributed by atoms with van der Waals surface area (Å²) in [6, 6.07) is 11.4. The van der Waals surface area contributed by atoms with E-state index in [0.717, 1.165) is 32.6 Å². The first-order valence-corrected chi connectivity index (χ1v) is 9.90. The molecule has 0 aromatic heterocycles. The molecule has 1 aromatic rings. The van der Waals surface area contributed by atoms with E-state index in [9.17, 15) is 4.79 Å². The summed E-state index contributed by atoms with van der Waals surface area (Å²) in [5, 5.41) is 6.75. The molecule has 2 N–H and O–H groups in total. The Morgan fingerprint density at radius 3 is 2.70 bits per heavy atom. The molecule has 2 heterocycles. The molecule has 2 saturated heterocycles. The van der Waals surface area contributed by atoms with Crippen LogP contribution in [-0.4, -0.2) is 42.5 Å². The van der Waals surface area contributed by atoms with Crippen LogP contribution < -0.4 is 10.6 Å². The van der Waals surface area contributed by atoms with Gasteiger partial charge in [0, 0.05) is 31.6 Å². The quantitative estimate of drug-likeness (QED) is 0.745.